The molecule has 2 aromatic carbocycles. The smallest absolute Gasteiger partial charge is 0.420 e. The zero-order valence-corrected chi connectivity index (χ0v) is 17.0. The number of carbonyl (C=O) groups excluding carboxylic acids is 1. The number of fused-ring (bicyclic) bond motifs is 1. The Morgan fingerprint density at radius 2 is 1.97 bits per heavy atom. The van der Waals surface area contributed by atoms with E-state index < -0.39 is 17.9 Å². The summed E-state index contributed by atoms with van der Waals surface area (Å²) in [6, 6.07) is 11.2. The van der Waals surface area contributed by atoms with Crippen molar-refractivity contribution in [1.29, 1.82) is 0 Å². The second kappa shape index (κ2) is 8.83. The highest BCUT2D eigenvalue weighted by Gasteiger charge is 2.19. The zero-order chi connectivity index (χ0) is 21.8. The predicted octanol–water partition coefficient (Wildman–Crippen LogP) is 2.59. The number of rotatable bonds is 7. The summed E-state index contributed by atoms with van der Waals surface area (Å²) in [7, 11) is 3.84. The second-order valence-electron chi connectivity index (χ2n) is 7.21. The van der Waals surface area contributed by atoms with Gasteiger partial charge in [0.05, 0.1) is 11.6 Å². The lowest BCUT2D eigenvalue weighted by molar-refractivity contribution is 0.0951. The molecule has 0 radical (unpaired) electrons. The summed E-state index contributed by atoms with van der Waals surface area (Å²) in [5.74, 6) is -0.793. The molecule has 0 saturated heterocycles. The van der Waals surface area contributed by atoms with Crippen molar-refractivity contribution in [2.75, 3.05) is 32.5 Å². The van der Waals surface area contributed by atoms with Crippen LogP contribution in [0.25, 0.3) is 11.1 Å². The average Bonchev–Trinajstić information content (AvgIpc) is 3.01. The van der Waals surface area contributed by atoms with Crippen LogP contribution in [0.5, 0.6) is 0 Å². The molecule has 9 heteroatoms. The van der Waals surface area contributed by atoms with E-state index in [2.05, 4.69) is 10.6 Å². The molecule has 3 aromatic rings. The Hall–Kier alpha value is -3.59. The molecule has 0 aliphatic heterocycles. The average molecular weight is 412 g/mol. The Morgan fingerprint density at radius 3 is 2.67 bits per heavy atom. The van der Waals surface area contributed by atoms with E-state index >= 15 is 0 Å². The largest absolute Gasteiger partial charge is 0.465 e. The van der Waals surface area contributed by atoms with Crippen LogP contribution >= 0.6 is 0 Å². The minimum absolute atomic E-state index is 0.237. The van der Waals surface area contributed by atoms with E-state index in [1.165, 1.54) is 4.57 Å². The van der Waals surface area contributed by atoms with Gasteiger partial charge in [-0.2, -0.15) is 0 Å². The summed E-state index contributed by atoms with van der Waals surface area (Å²) in [6.07, 6.45) is -1.17. The van der Waals surface area contributed by atoms with E-state index in [9.17, 15) is 14.4 Å². The summed E-state index contributed by atoms with van der Waals surface area (Å²) in [6.45, 7) is 3.02. The van der Waals surface area contributed by atoms with E-state index in [-0.39, 0.29) is 5.91 Å². The molecule has 2 amide bonds. The number of aromatic nitrogens is 1. The SMILES string of the molecule is CC(c1cccc(NC(=O)O)c1)n1c(=O)oc2ccc(C(=O)NCCN(C)C)cc21. The van der Waals surface area contributed by atoms with Crippen molar-refractivity contribution in [2.24, 2.45) is 0 Å². The molecule has 0 bridgehead atoms. The lowest BCUT2D eigenvalue weighted by Crippen LogP contribution is -2.31. The van der Waals surface area contributed by atoms with Gasteiger partial charge in [0.1, 0.15) is 0 Å². The molecule has 158 valence electrons. The maximum Gasteiger partial charge on any atom is 0.420 e. The summed E-state index contributed by atoms with van der Waals surface area (Å²) < 4.78 is 6.79. The zero-order valence-electron chi connectivity index (χ0n) is 17.0. The lowest BCUT2D eigenvalue weighted by Gasteiger charge is -2.15. The van der Waals surface area contributed by atoms with Gasteiger partial charge in [-0.25, -0.2) is 9.59 Å². The van der Waals surface area contributed by atoms with Crippen LogP contribution in [0.2, 0.25) is 0 Å². The fourth-order valence-corrected chi connectivity index (χ4v) is 3.19. The summed E-state index contributed by atoms with van der Waals surface area (Å²) >= 11 is 0. The van der Waals surface area contributed by atoms with Gasteiger partial charge in [-0.3, -0.25) is 14.7 Å². The Kier molecular flexibility index (Phi) is 6.22. The molecule has 1 unspecified atom stereocenters. The molecular formula is C21H24N4O5. The Labute approximate surface area is 172 Å². The Balaban J connectivity index is 1.94. The minimum atomic E-state index is -1.17. The molecule has 3 N–H and O–H groups in total. The first-order chi connectivity index (χ1) is 14.3. The van der Waals surface area contributed by atoms with E-state index in [4.69, 9.17) is 9.52 Å². The van der Waals surface area contributed by atoms with Crippen molar-refractivity contribution < 1.29 is 19.1 Å². The quantitative estimate of drug-likeness (QED) is 0.549. The maximum atomic E-state index is 12.5. The molecular weight excluding hydrogens is 388 g/mol. The molecule has 0 aliphatic carbocycles. The molecule has 30 heavy (non-hydrogen) atoms. The van der Waals surface area contributed by atoms with Crippen LogP contribution in [0.3, 0.4) is 0 Å². The number of likely N-dealkylation sites (N-methyl/N-ethyl adjacent to an activating group) is 1. The molecule has 0 saturated carbocycles. The van der Waals surface area contributed by atoms with Crippen molar-refractivity contribution >= 4 is 28.8 Å². The van der Waals surface area contributed by atoms with Crippen LogP contribution in [-0.4, -0.2) is 53.8 Å². The number of nitrogens with zero attached hydrogens (tertiary/aromatic N) is 2. The number of carbonyl (C=O) groups is 2. The highest BCUT2D eigenvalue weighted by molar-refractivity contribution is 5.97. The second-order valence-corrected chi connectivity index (χ2v) is 7.21. The van der Waals surface area contributed by atoms with Crippen molar-refractivity contribution in [1.82, 2.24) is 14.8 Å². The number of amides is 2. The minimum Gasteiger partial charge on any atom is -0.465 e. The third-order valence-corrected chi connectivity index (χ3v) is 4.73. The van der Waals surface area contributed by atoms with E-state index in [0.717, 1.165) is 0 Å². The highest BCUT2D eigenvalue weighted by atomic mass is 16.4. The van der Waals surface area contributed by atoms with Crippen molar-refractivity contribution in [3.63, 3.8) is 0 Å². The Bertz CT molecular complexity index is 1130. The number of benzene rings is 2. The fraction of sp³-hybridized carbons (Fsp3) is 0.286. The standard InChI is InChI=1S/C21H24N4O5/c1-13(14-5-4-6-16(11-14)23-20(27)28)25-17-12-15(7-8-18(17)30-21(25)29)19(26)22-9-10-24(2)3/h4-8,11-13,23H,9-10H2,1-3H3,(H,22,26)(H,27,28). The molecule has 0 fully saturated rings. The summed E-state index contributed by atoms with van der Waals surface area (Å²) in [5.41, 5.74) is 2.39. The van der Waals surface area contributed by atoms with Gasteiger partial charge in [-0.05, 0) is 56.9 Å². The number of hydrogen-bond donors (Lipinski definition) is 3. The van der Waals surface area contributed by atoms with Crippen LogP contribution in [-0.2, 0) is 0 Å². The first kappa shape index (κ1) is 21.1. The molecule has 1 aromatic heterocycles. The van der Waals surface area contributed by atoms with E-state index in [1.54, 1.807) is 49.4 Å². The van der Waals surface area contributed by atoms with Crippen molar-refractivity contribution in [2.45, 2.75) is 13.0 Å². The number of anilines is 1. The number of nitrogens with one attached hydrogen (secondary N) is 2. The van der Waals surface area contributed by atoms with Gasteiger partial charge in [0, 0.05) is 24.3 Å². The highest BCUT2D eigenvalue weighted by Crippen LogP contribution is 2.25. The van der Waals surface area contributed by atoms with Crippen LogP contribution in [0.1, 0.15) is 28.9 Å². The van der Waals surface area contributed by atoms with Gasteiger partial charge in [0.25, 0.3) is 5.91 Å². The van der Waals surface area contributed by atoms with Gasteiger partial charge < -0.3 is 19.7 Å². The van der Waals surface area contributed by atoms with Gasteiger partial charge in [-0.15, -0.1) is 0 Å². The molecule has 1 heterocycles. The first-order valence-electron chi connectivity index (χ1n) is 9.44. The lowest BCUT2D eigenvalue weighted by atomic mass is 10.1. The maximum absolute atomic E-state index is 12.5. The summed E-state index contributed by atoms with van der Waals surface area (Å²) in [5, 5.41) is 14.1. The fourth-order valence-electron chi connectivity index (χ4n) is 3.19. The van der Waals surface area contributed by atoms with Crippen LogP contribution in [0.15, 0.2) is 51.7 Å². The Morgan fingerprint density at radius 1 is 1.20 bits per heavy atom. The van der Waals surface area contributed by atoms with Gasteiger partial charge in [0.15, 0.2) is 5.58 Å². The third-order valence-electron chi connectivity index (χ3n) is 4.73. The number of carboxylic acid groups (broad SMARTS) is 1. The van der Waals surface area contributed by atoms with Gasteiger partial charge in [-0.1, -0.05) is 12.1 Å². The van der Waals surface area contributed by atoms with Crippen LogP contribution in [0, 0.1) is 0 Å². The third kappa shape index (κ3) is 4.69. The normalized spacial score (nSPS) is 12.1. The monoisotopic (exact) mass is 412 g/mol. The van der Waals surface area contributed by atoms with Gasteiger partial charge in [0.2, 0.25) is 0 Å². The van der Waals surface area contributed by atoms with Gasteiger partial charge >= 0.3 is 11.8 Å². The molecule has 3 rings (SSSR count). The van der Waals surface area contributed by atoms with E-state index in [0.29, 0.717) is 41.0 Å². The molecule has 0 aliphatic rings. The molecule has 9 nitrogen and oxygen atoms in total. The molecule has 0 spiro atoms. The predicted molar refractivity (Wildman–Crippen MR) is 113 cm³/mol. The number of hydrogen-bond acceptors (Lipinski definition) is 5. The first-order valence-corrected chi connectivity index (χ1v) is 9.44. The van der Waals surface area contributed by atoms with Crippen LogP contribution in [0.4, 0.5) is 10.5 Å². The topological polar surface area (TPSA) is 117 Å². The molecule has 1 atom stereocenters. The number of oxazole rings is 1. The van der Waals surface area contributed by atoms with E-state index in [1.807, 2.05) is 19.0 Å². The van der Waals surface area contributed by atoms with Crippen molar-refractivity contribution in [3.8, 4) is 0 Å². The van der Waals surface area contributed by atoms with Crippen LogP contribution < -0.4 is 16.4 Å². The summed E-state index contributed by atoms with van der Waals surface area (Å²) in [4.78, 5) is 37.9. The van der Waals surface area contributed by atoms with Crippen molar-refractivity contribution in [3.05, 3.63) is 64.1 Å².